The van der Waals surface area contributed by atoms with E-state index in [-0.39, 0.29) is 48.3 Å². The highest BCUT2D eigenvalue weighted by Crippen LogP contribution is 2.28. The minimum atomic E-state index is -1.25. The number of nitrogens with zero attached hydrogens (tertiary/aromatic N) is 11. The zero-order valence-corrected chi connectivity index (χ0v) is 58.5. The lowest BCUT2D eigenvalue weighted by Gasteiger charge is -2.16. The van der Waals surface area contributed by atoms with Gasteiger partial charge in [0, 0.05) is 77.7 Å². The van der Waals surface area contributed by atoms with Crippen molar-refractivity contribution in [1.82, 2.24) is 47.8 Å². The summed E-state index contributed by atoms with van der Waals surface area (Å²) >= 11 is 0. The van der Waals surface area contributed by atoms with Crippen molar-refractivity contribution in [3.05, 3.63) is 205 Å². The first kappa shape index (κ1) is 70.5. The van der Waals surface area contributed by atoms with Crippen LogP contribution in [0.15, 0.2) is 160 Å². The van der Waals surface area contributed by atoms with E-state index in [1.807, 2.05) is 98.1 Å². The number of imidazole rings is 2. The third-order valence-corrected chi connectivity index (χ3v) is 18.8. The number of aliphatic imine (C=N–C) groups is 1. The molecule has 10 aromatic rings. The summed E-state index contributed by atoms with van der Waals surface area (Å²) in [6.07, 6.45) is 7.78. The van der Waals surface area contributed by atoms with Crippen molar-refractivity contribution in [2.24, 2.45) is 4.99 Å². The summed E-state index contributed by atoms with van der Waals surface area (Å²) in [5.74, 6) is 15.1. The SMILES string of the molecule is CCCn1cnc2c(c1=O)CC(c1ccc(OCC#Cc3ccc(C)cc3)cc1)=N2.CCCn1cnc2nc(-c3ccc(O)cc3)n(COCC[Si](C)(C)C)c2c1=O.CCCn1cnc2nc(-c3ccc(OCC#Cc4ccc(F)cc4)cc3)n(COCC[Si](C)(C)C)c2c1=O. The predicted molar refractivity (Wildman–Crippen MR) is 382 cm³/mol. The number of ether oxygens (including phenoxy) is 4. The van der Waals surface area contributed by atoms with Gasteiger partial charge in [0.05, 0.1) is 17.6 Å². The first-order valence-electron chi connectivity index (χ1n) is 32.5. The lowest BCUT2D eigenvalue weighted by molar-refractivity contribution is 0.0907. The van der Waals surface area contributed by atoms with Gasteiger partial charge < -0.3 is 24.1 Å². The lowest BCUT2D eigenvalue weighted by Crippen LogP contribution is -2.24. The van der Waals surface area contributed by atoms with Crippen molar-refractivity contribution in [3.63, 3.8) is 0 Å². The number of hydrogen-bond acceptors (Lipinski definition) is 14. The summed E-state index contributed by atoms with van der Waals surface area (Å²) in [6.45, 7) is 26.1. The predicted octanol–water partition coefficient (Wildman–Crippen LogP) is 13.3. The fourth-order valence-corrected chi connectivity index (χ4v) is 11.6. The zero-order valence-electron chi connectivity index (χ0n) is 56.5. The van der Waals surface area contributed by atoms with Crippen LogP contribution in [0.5, 0.6) is 17.2 Å². The average molecular weight is 1330 g/mol. The molecule has 1 N–H and O–H groups in total. The molecule has 22 heteroatoms. The monoisotopic (exact) mass is 1330 g/mol. The van der Waals surface area contributed by atoms with Crippen LogP contribution in [0.25, 0.3) is 45.1 Å². The van der Waals surface area contributed by atoms with Crippen LogP contribution < -0.4 is 26.2 Å². The number of benzene rings is 5. The van der Waals surface area contributed by atoms with Gasteiger partial charge in [0.15, 0.2) is 28.1 Å². The summed E-state index contributed by atoms with van der Waals surface area (Å²) in [7, 11) is -2.45. The van der Waals surface area contributed by atoms with Crippen LogP contribution >= 0.6 is 0 Å². The molecule has 0 bridgehead atoms. The summed E-state index contributed by atoms with van der Waals surface area (Å²) in [5.41, 5.74) is 8.52. The topological polar surface area (TPSA) is 210 Å². The third-order valence-electron chi connectivity index (χ3n) is 15.4. The highest BCUT2D eigenvalue weighted by molar-refractivity contribution is 6.76. The van der Waals surface area contributed by atoms with Gasteiger partial charge in [-0.05, 0) is 153 Å². The molecule has 498 valence electrons. The zero-order chi connectivity index (χ0) is 68.4. The fourth-order valence-electron chi connectivity index (χ4n) is 10.1. The van der Waals surface area contributed by atoms with E-state index in [9.17, 15) is 23.9 Å². The van der Waals surface area contributed by atoms with E-state index in [0.717, 1.165) is 70.6 Å². The molecule has 0 atom stereocenters. The molecule has 0 radical (unpaired) electrons. The van der Waals surface area contributed by atoms with Crippen LogP contribution in [0.4, 0.5) is 10.2 Å². The van der Waals surface area contributed by atoms with Crippen LogP contribution in [-0.2, 0) is 49.0 Å². The quantitative estimate of drug-likeness (QED) is 0.0359. The number of aromatic nitrogens is 10. The number of halogens is 1. The van der Waals surface area contributed by atoms with Crippen molar-refractivity contribution < 1.29 is 28.4 Å². The van der Waals surface area contributed by atoms with E-state index in [4.69, 9.17) is 23.9 Å². The molecule has 19 nitrogen and oxygen atoms in total. The molecule has 0 fully saturated rings. The minimum Gasteiger partial charge on any atom is -0.508 e. The highest BCUT2D eigenvalue weighted by atomic mass is 28.3. The van der Waals surface area contributed by atoms with Crippen LogP contribution in [-0.4, -0.2) is 101 Å². The Morgan fingerprint density at radius 3 is 1.40 bits per heavy atom. The maximum atomic E-state index is 13.3. The molecule has 5 aromatic carbocycles. The Balaban J connectivity index is 0.000000171. The Hall–Kier alpha value is -9.85. The van der Waals surface area contributed by atoms with Gasteiger partial charge in [-0.15, -0.1) is 0 Å². The van der Waals surface area contributed by atoms with Crippen molar-refractivity contribution >= 4 is 50.0 Å². The molecule has 5 aromatic heterocycles. The fraction of sp³-hybridized carbons (Fsp3) is 0.338. The number of hydrogen-bond donors (Lipinski definition) is 1. The van der Waals surface area contributed by atoms with Crippen LogP contribution in [0.3, 0.4) is 0 Å². The van der Waals surface area contributed by atoms with Gasteiger partial charge in [-0.3, -0.25) is 37.2 Å². The number of phenolic OH excluding ortho intramolecular Hbond substituents is 1. The Kier molecular flexibility index (Phi) is 24.2. The summed E-state index contributed by atoms with van der Waals surface area (Å²) in [6, 6.07) is 38.1. The molecular weight excluding hydrogens is 1250 g/mol. The Morgan fingerprint density at radius 1 is 0.531 bits per heavy atom. The first-order chi connectivity index (χ1) is 46.2. The maximum absolute atomic E-state index is 13.3. The molecule has 0 aliphatic carbocycles. The van der Waals surface area contributed by atoms with Crippen LogP contribution in [0.1, 0.15) is 67.9 Å². The van der Waals surface area contributed by atoms with Gasteiger partial charge in [0.2, 0.25) is 0 Å². The molecule has 6 heterocycles. The summed E-state index contributed by atoms with van der Waals surface area (Å²) in [5, 5.41) is 9.59. The molecule has 11 rings (SSSR count). The highest BCUT2D eigenvalue weighted by Gasteiger charge is 2.24. The molecule has 0 amide bonds. The molecule has 96 heavy (non-hydrogen) atoms. The van der Waals surface area contributed by atoms with Crippen molar-refractivity contribution in [1.29, 1.82) is 0 Å². The van der Waals surface area contributed by atoms with Crippen molar-refractivity contribution in [2.45, 2.75) is 138 Å². The maximum Gasteiger partial charge on any atom is 0.279 e. The summed E-state index contributed by atoms with van der Waals surface area (Å²) in [4.78, 5) is 65.9. The van der Waals surface area contributed by atoms with Gasteiger partial charge >= 0.3 is 0 Å². The second-order valence-corrected chi connectivity index (χ2v) is 36.9. The standard InChI is InChI=1S/C29H33FN4O3Si.C25H23N3O2.C20H28N4O3Si/c1-5-16-33-20-31-27-26(29(33)35)34(21-36-18-19-38(2,3)4)28(32-27)23-10-14-25(15-11-23)37-17-6-7-22-8-12-24(30)13-9-22;1-3-14-28-17-26-24-22(25(28)29)16-23(27-24)20-10-12-21(13-11-20)30-15-4-5-19-8-6-18(2)7-9-19;1-5-10-23-13-21-18-17(20(23)26)24(14-27-11-12-28(2,3)4)19(22-18)15-6-8-16(25)9-7-15/h8-15,20H,5,16-19,21H2,1-4H3;6-13,17H,3,14-16H2,1-2H3;6-9,13,25H,5,10-12,14H2,1-4H3. The number of aromatic hydroxyl groups is 1. The molecule has 0 spiro atoms. The van der Waals surface area contributed by atoms with Crippen molar-refractivity contribution in [2.75, 3.05) is 26.4 Å². The normalized spacial score (nSPS) is 11.8. The Labute approximate surface area is 561 Å². The van der Waals surface area contributed by atoms with E-state index in [1.165, 1.54) is 17.7 Å². The molecule has 1 aliphatic rings. The summed E-state index contributed by atoms with van der Waals surface area (Å²) < 4.78 is 45.0. The molecule has 0 saturated carbocycles. The average Bonchev–Trinajstić information content (AvgIpc) is 1.62. The minimum absolute atomic E-state index is 0.00713. The third kappa shape index (κ3) is 19.2. The number of rotatable bonds is 23. The molecule has 0 unspecified atom stereocenters. The lowest BCUT2D eigenvalue weighted by atomic mass is 10.1. The largest absolute Gasteiger partial charge is 0.508 e. The smallest absolute Gasteiger partial charge is 0.279 e. The Morgan fingerprint density at radius 2 is 0.948 bits per heavy atom. The molecule has 0 saturated heterocycles. The number of fused-ring (bicyclic) bond motifs is 3. The van der Waals surface area contributed by atoms with Crippen LogP contribution in [0, 0.1) is 36.4 Å². The molecule has 1 aliphatic heterocycles. The van der Waals surface area contributed by atoms with Crippen molar-refractivity contribution in [3.8, 4) is 63.7 Å². The van der Waals surface area contributed by atoms with E-state index in [0.29, 0.717) is 97.0 Å². The van der Waals surface area contributed by atoms with Gasteiger partial charge in [0.25, 0.3) is 16.7 Å². The van der Waals surface area contributed by atoms with Gasteiger partial charge in [-0.2, -0.15) is 0 Å². The number of phenols is 1. The van der Waals surface area contributed by atoms with Gasteiger partial charge in [0.1, 0.15) is 74.0 Å². The Bertz CT molecular complexity index is 4620. The van der Waals surface area contributed by atoms with E-state index < -0.39 is 16.1 Å². The van der Waals surface area contributed by atoms with E-state index in [1.54, 1.807) is 73.6 Å². The van der Waals surface area contributed by atoms with E-state index >= 15 is 0 Å². The van der Waals surface area contributed by atoms with Gasteiger partial charge in [-0.1, -0.05) is 101 Å². The van der Waals surface area contributed by atoms with Gasteiger partial charge in [-0.25, -0.2) is 34.3 Å². The molecular formula is C74H84FN11O8Si2. The van der Waals surface area contributed by atoms with E-state index in [2.05, 4.69) is 94.8 Å². The second kappa shape index (κ2) is 33.0. The number of aryl methyl sites for hydroxylation is 4. The second-order valence-electron chi connectivity index (χ2n) is 25.7. The van der Waals surface area contributed by atoms with Crippen LogP contribution in [0.2, 0.25) is 51.4 Å². The first-order valence-corrected chi connectivity index (χ1v) is 39.9.